The van der Waals surface area contributed by atoms with Gasteiger partial charge in [0.2, 0.25) is 0 Å². The van der Waals surface area contributed by atoms with Crippen LogP contribution in [0.3, 0.4) is 0 Å². The maximum atomic E-state index is 11.5. The third-order valence-corrected chi connectivity index (χ3v) is 2.34. The quantitative estimate of drug-likeness (QED) is 0.769. The van der Waals surface area contributed by atoms with Gasteiger partial charge in [-0.05, 0) is 30.7 Å². The van der Waals surface area contributed by atoms with Crippen LogP contribution in [0.25, 0.3) is 0 Å². The molecule has 0 saturated carbocycles. The van der Waals surface area contributed by atoms with E-state index in [-0.39, 0.29) is 6.03 Å². The lowest BCUT2D eigenvalue weighted by molar-refractivity contribution is 0.230. The zero-order valence-corrected chi connectivity index (χ0v) is 10.8. The van der Waals surface area contributed by atoms with E-state index in [1.165, 1.54) is 10.5 Å². The Bertz CT molecular complexity index is 363. The van der Waals surface area contributed by atoms with E-state index in [1.54, 1.807) is 14.1 Å². The van der Waals surface area contributed by atoms with Crippen molar-refractivity contribution in [2.24, 2.45) is 0 Å². The predicted octanol–water partition coefficient (Wildman–Crippen LogP) is 2.28. The summed E-state index contributed by atoms with van der Waals surface area (Å²) >= 11 is 0. The molecule has 94 valence electrons. The van der Waals surface area contributed by atoms with Crippen LogP contribution in [0, 0.1) is 0 Å². The molecular weight excluding hydrogens is 214 g/mol. The lowest BCUT2D eigenvalue weighted by Crippen LogP contribution is -2.27. The summed E-state index contributed by atoms with van der Waals surface area (Å²) in [6.45, 7) is 3.98. The molecule has 2 amide bonds. The molecule has 0 aromatic heterocycles. The summed E-state index contributed by atoms with van der Waals surface area (Å²) in [5, 5.41) is 6.16. The van der Waals surface area contributed by atoms with Crippen LogP contribution in [-0.2, 0) is 6.54 Å². The molecule has 1 rings (SSSR count). The second-order valence-electron chi connectivity index (χ2n) is 4.20. The van der Waals surface area contributed by atoms with Gasteiger partial charge in [0, 0.05) is 26.3 Å². The van der Waals surface area contributed by atoms with Crippen molar-refractivity contribution in [3.8, 4) is 0 Å². The fourth-order valence-corrected chi connectivity index (χ4v) is 1.40. The van der Waals surface area contributed by atoms with Crippen molar-refractivity contribution >= 4 is 11.7 Å². The fourth-order valence-electron chi connectivity index (χ4n) is 1.40. The molecule has 1 aromatic rings. The zero-order chi connectivity index (χ0) is 12.7. The van der Waals surface area contributed by atoms with Crippen LogP contribution in [-0.4, -0.2) is 31.6 Å². The number of anilines is 1. The van der Waals surface area contributed by atoms with E-state index in [1.807, 2.05) is 24.3 Å². The summed E-state index contributed by atoms with van der Waals surface area (Å²) in [6.07, 6.45) is 1.12. The van der Waals surface area contributed by atoms with E-state index >= 15 is 0 Å². The average Bonchev–Trinajstić information content (AvgIpc) is 2.30. The van der Waals surface area contributed by atoms with Crippen LogP contribution >= 0.6 is 0 Å². The highest BCUT2D eigenvalue weighted by Crippen LogP contribution is 2.10. The minimum absolute atomic E-state index is 0.108. The smallest absolute Gasteiger partial charge is 0.321 e. The van der Waals surface area contributed by atoms with E-state index in [2.05, 4.69) is 17.6 Å². The Hall–Kier alpha value is -1.55. The van der Waals surface area contributed by atoms with Crippen LogP contribution in [0.4, 0.5) is 10.5 Å². The number of hydrogen-bond donors (Lipinski definition) is 2. The Morgan fingerprint density at radius 3 is 2.76 bits per heavy atom. The number of nitrogens with one attached hydrogen (secondary N) is 2. The van der Waals surface area contributed by atoms with Gasteiger partial charge in [-0.1, -0.05) is 19.1 Å². The topological polar surface area (TPSA) is 44.4 Å². The standard InChI is InChI=1S/C13H21N3O/c1-4-8-14-10-11-6-5-7-12(9-11)15-13(17)16(2)3/h5-7,9,14H,4,8,10H2,1-3H3,(H,15,17). The predicted molar refractivity (Wildman–Crippen MR) is 71.1 cm³/mol. The van der Waals surface area contributed by atoms with Gasteiger partial charge in [0.1, 0.15) is 0 Å². The summed E-state index contributed by atoms with van der Waals surface area (Å²) in [5.74, 6) is 0. The number of urea groups is 1. The van der Waals surface area contributed by atoms with E-state index in [0.29, 0.717) is 0 Å². The molecule has 2 N–H and O–H groups in total. The largest absolute Gasteiger partial charge is 0.331 e. The van der Waals surface area contributed by atoms with E-state index < -0.39 is 0 Å². The summed E-state index contributed by atoms with van der Waals surface area (Å²) in [5.41, 5.74) is 2.01. The molecule has 0 spiro atoms. The lowest BCUT2D eigenvalue weighted by atomic mass is 10.2. The number of amides is 2. The Kier molecular flexibility index (Phi) is 5.49. The number of carbonyl (C=O) groups is 1. The molecule has 0 radical (unpaired) electrons. The first-order chi connectivity index (χ1) is 8.13. The van der Waals surface area contributed by atoms with Crippen LogP contribution in [0.2, 0.25) is 0 Å². The van der Waals surface area contributed by atoms with Crippen molar-refractivity contribution in [2.45, 2.75) is 19.9 Å². The fraction of sp³-hybridized carbons (Fsp3) is 0.462. The third-order valence-electron chi connectivity index (χ3n) is 2.34. The van der Waals surface area contributed by atoms with E-state index in [9.17, 15) is 4.79 Å². The second kappa shape index (κ2) is 6.91. The van der Waals surface area contributed by atoms with Gasteiger partial charge in [-0.3, -0.25) is 0 Å². The van der Waals surface area contributed by atoms with Crippen molar-refractivity contribution in [3.05, 3.63) is 29.8 Å². The number of hydrogen-bond acceptors (Lipinski definition) is 2. The van der Waals surface area contributed by atoms with Gasteiger partial charge < -0.3 is 15.5 Å². The molecule has 0 aliphatic rings. The van der Waals surface area contributed by atoms with Crippen molar-refractivity contribution in [1.82, 2.24) is 10.2 Å². The molecule has 0 fully saturated rings. The normalized spacial score (nSPS) is 10.1. The molecule has 4 heteroatoms. The zero-order valence-electron chi connectivity index (χ0n) is 10.8. The molecule has 0 aliphatic heterocycles. The number of nitrogens with zero attached hydrogens (tertiary/aromatic N) is 1. The SMILES string of the molecule is CCCNCc1cccc(NC(=O)N(C)C)c1. The van der Waals surface area contributed by atoms with Gasteiger partial charge in [0.25, 0.3) is 0 Å². The Morgan fingerprint density at radius 1 is 1.35 bits per heavy atom. The highest BCUT2D eigenvalue weighted by atomic mass is 16.2. The maximum Gasteiger partial charge on any atom is 0.321 e. The first-order valence-electron chi connectivity index (χ1n) is 5.91. The van der Waals surface area contributed by atoms with Crippen molar-refractivity contribution in [2.75, 3.05) is 26.0 Å². The van der Waals surface area contributed by atoms with Gasteiger partial charge in [-0.2, -0.15) is 0 Å². The molecule has 0 saturated heterocycles. The Labute approximate surface area is 103 Å². The first kappa shape index (κ1) is 13.5. The van der Waals surface area contributed by atoms with Crippen LogP contribution in [0.1, 0.15) is 18.9 Å². The van der Waals surface area contributed by atoms with Gasteiger partial charge >= 0.3 is 6.03 Å². The summed E-state index contributed by atoms with van der Waals surface area (Å²) in [6, 6.07) is 7.78. The van der Waals surface area contributed by atoms with Crippen molar-refractivity contribution in [1.29, 1.82) is 0 Å². The first-order valence-corrected chi connectivity index (χ1v) is 5.91. The molecule has 0 aliphatic carbocycles. The molecule has 0 unspecified atom stereocenters. The van der Waals surface area contributed by atoms with Crippen LogP contribution in [0.15, 0.2) is 24.3 Å². The third kappa shape index (κ3) is 4.87. The molecule has 4 nitrogen and oxygen atoms in total. The summed E-state index contributed by atoms with van der Waals surface area (Å²) in [4.78, 5) is 13.0. The van der Waals surface area contributed by atoms with Crippen LogP contribution in [0.5, 0.6) is 0 Å². The van der Waals surface area contributed by atoms with Gasteiger partial charge in [-0.25, -0.2) is 4.79 Å². The van der Waals surface area contributed by atoms with Gasteiger partial charge in [-0.15, -0.1) is 0 Å². The van der Waals surface area contributed by atoms with E-state index in [4.69, 9.17) is 0 Å². The Morgan fingerprint density at radius 2 is 2.12 bits per heavy atom. The molecule has 0 atom stereocenters. The number of carbonyl (C=O) groups excluding carboxylic acids is 1. The summed E-state index contributed by atoms with van der Waals surface area (Å²) < 4.78 is 0. The maximum absolute atomic E-state index is 11.5. The molecule has 0 bridgehead atoms. The van der Waals surface area contributed by atoms with Crippen molar-refractivity contribution in [3.63, 3.8) is 0 Å². The Balaban J connectivity index is 2.56. The van der Waals surface area contributed by atoms with E-state index in [0.717, 1.165) is 25.2 Å². The number of rotatable bonds is 5. The van der Waals surface area contributed by atoms with Crippen LogP contribution < -0.4 is 10.6 Å². The lowest BCUT2D eigenvalue weighted by Gasteiger charge is -2.12. The number of benzene rings is 1. The minimum Gasteiger partial charge on any atom is -0.331 e. The minimum atomic E-state index is -0.108. The molecule has 17 heavy (non-hydrogen) atoms. The molecule has 0 heterocycles. The molecular formula is C13H21N3O. The summed E-state index contributed by atoms with van der Waals surface area (Å²) in [7, 11) is 3.45. The van der Waals surface area contributed by atoms with Crippen molar-refractivity contribution < 1.29 is 4.79 Å². The van der Waals surface area contributed by atoms with Gasteiger partial charge in [0.15, 0.2) is 0 Å². The molecule has 1 aromatic carbocycles. The highest BCUT2D eigenvalue weighted by Gasteiger charge is 2.03. The van der Waals surface area contributed by atoms with Gasteiger partial charge in [0.05, 0.1) is 0 Å². The second-order valence-corrected chi connectivity index (χ2v) is 4.20. The monoisotopic (exact) mass is 235 g/mol. The highest BCUT2D eigenvalue weighted by molar-refractivity contribution is 5.88. The average molecular weight is 235 g/mol.